The number of aryl methyl sites for hydroxylation is 2. The summed E-state index contributed by atoms with van der Waals surface area (Å²) in [6, 6.07) is 9.53. The van der Waals surface area contributed by atoms with E-state index in [0.717, 1.165) is 22.4 Å². The number of carbonyl (C=O) groups is 1. The summed E-state index contributed by atoms with van der Waals surface area (Å²) >= 11 is 0. The van der Waals surface area contributed by atoms with E-state index < -0.39 is 6.04 Å². The lowest BCUT2D eigenvalue weighted by Crippen LogP contribution is -2.33. The number of aromatic nitrogens is 1. The van der Waals surface area contributed by atoms with Gasteiger partial charge in [-0.25, -0.2) is 0 Å². The summed E-state index contributed by atoms with van der Waals surface area (Å²) < 4.78 is 4.64. The SMILES string of the molecule is COC(=O)C(N)Cc1ccc(-c2cc(C)ncc2C)cc1. The highest BCUT2D eigenvalue weighted by atomic mass is 16.5. The Morgan fingerprint density at radius 1 is 1.29 bits per heavy atom. The van der Waals surface area contributed by atoms with Gasteiger partial charge in [-0.3, -0.25) is 9.78 Å². The second-order valence-electron chi connectivity index (χ2n) is 5.17. The number of nitrogens with zero attached hydrogens (tertiary/aromatic N) is 1. The van der Waals surface area contributed by atoms with Crippen LogP contribution in [-0.2, 0) is 16.0 Å². The van der Waals surface area contributed by atoms with Crippen molar-refractivity contribution in [3.05, 3.63) is 53.3 Å². The van der Waals surface area contributed by atoms with Gasteiger partial charge in [-0.15, -0.1) is 0 Å². The van der Waals surface area contributed by atoms with Crippen molar-refractivity contribution in [3.8, 4) is 11.1 Å². The van der Waals surface area contributed by atoms with Gasteiger partial charge in [-0.05, 0) is 48.6 Å². The average Bonchev–Trinajstić information content (AvgIpc) is 2.49. The third-order valence-electron chi connectivity index (χ3n) is 3.46. The number of nitrogens with two attached hydrogens (primary N) is 1. The van der Waals surface area contributed by atoms with Gasteiger partial charge in [-0.2, -0.15) is 0 Å². The zero-order chi connectivity index (χ0) is 15.4. The van der Waals surface area contributed by atoms with Crippen LogP contribution in [0.4, 0.5) is 0 Å². The van der Waals surface area contributed by atoms with Gasteiger partial charge in [0.2, 0.25) is 0 Å². The Labute approximate surface area is 125 Å². The number of methoxy groups -OCH3 is 1. The van der Waals surface area contributed by atoms with Crippen molar-refractivity contribution >= 4 is 5.97 Å². The molecule has 2 N–H and O–H groups in total. The van der Waals surface area contributed by atoms with Crippen molar-refractivity contribution in [1.29, 1.82) is 0 Å². The highest BCUT2D eigenvalue weighted by Gasteiger charge is 2.14. The Morgan fingerprint density at radius 3 is 2.57 bits per heavy atom. The van der Waals surface area contributed by atoms with Crippen LogP contribution in [0.3, 0.4) is 0 Å². The molecule has 2 rings (SSSR count). The number of carbonyl (C=O) groups excluding carboxylic acids is 1. The smallest absolute Gasteiger partial charge is 0.322 e. The van der Waals surface area contributed by atoms with E-state index in [4.69, 9.17) is 5.73 Å². The Balaban J connectivity index is 2.19. The molecule has 110 valence electrons. The van der Waals surface area contributed by atoms with Gasteiger partial charge in [-0.1, -0.05) is 24.3 Å². The lowest BCUT2D eigenvalue weighted by molar-refractivity contribution is -0.142. The fraction of sp³-hybridized carbons (Fsp3) is 0.294. The molecule has 0 saturated carbocycles. The number of pyridine rings is 1. The van der Waals surface area contributed by atoms with Crippen molar-refractivity contribution < 1.29 is 9.53 Å². The van der Waals surface area contributed by atoms with Gasteiger partial charge >= 0.3 is 5.97 Å². The minimum absolute atomic E-state index is 0.389. The molecular weight excluding hydrogens is 264 g/mol. The zero-order valence-electron chi connectivity index (χ0n) is 12.6. The highest BCUT2D eigenvalue weighted by molar-refractivity contribution is 5.75. The molecule has 0 aliphatic carbocycles. The first-order valence-electron chi connectivity index (χ1n) is 6.87. The highest BCUT2D eigenvalue weighted by Crippen LogP contribution is 2.24. The molecule has 2 aromatic rings. The molecular formula is C17H20N2O2. The first-order chi connectivity index (χ1) is 10.0. The summed E-state index contributed by atoms with van der Waals surface area (Å²) in [5.41, 5.74) is 11.2. The molecule has 1 heterocycles. The topological polar surface area (TPSA) is 65.2 Å². The van der Waals surface area contributed by atoms with Crippen molar-refractivity contribution in [3.63, 3.8) is 0 Å². The summed E-state index contributed by atoms with van der Waals surface area (Å²) in [6.07, 6.45) is 2.35. The number of ether oxygens (including phenoxy) is 1. The van der Waals surface area contributed by atoms with Gasteiger partial charge in [0.1, 0.15) is 6.04 Å². The number of benzene rings is 1. The van der Waals surface area contributed by atoms with E-state index >= 15 is 0 Å². The molecule has 21 heavy (non-hydrogen) atoms. The monoisotopic (exact) mass is 284 g/mol. The van der Waals surface area contributed by atoms with E-state index in [1.54, 1.807) is 0 Å². The van der Waals surface area contributed by atoms with Crippen molar-refractivity contribution in [2.45, 2.75) is 26.3 Å². The van der Waals surface area contributed by atoms with E-state index in [0.29, 0.717) is 6.42 Å². The Kier molecular flexibility index (Phi) is 4.70. The van der Waals surface area contributed by atoms with Crippen LogP contribution >= 0.6 is 0 Å². The number of rotatable bonds is 4. The van der Waals surface area contributed by atoms with Crippen LogP contribution in [0.5, 0.6) is 0 Å². The fourth-order valence-electron chi connectivity index (χ4n) is 2.25. The third-order valence-corrected chi connectivity index (χ3v) is 3.46. The first-order valence-corrected chi connectivity index (χ1v) is 6.87. The van der Waals surface area contributed by atoms with Crippen LogP contribution in [0.2, 0.25) is 0 Å². The van der Waals surface area contributed by atoms with Gasteiger partial charge < -0.3 is 10.5 Å². The summed E-state index contributed by atoms with van der Waals surface area (Å²) in [5.74, 6) is -0.389. The molecule has 1 aromatic carbocycles. The molecule has 0 radical (unpaired) electrons. The molecule has 1 atom stereocenters. The predicted molar refractivity (Wildman–Crippen MR) is 82.8 cm³/mol. The maximum atomic E-state index is 11.3. The van der Waals surface area contributed by atoms with Crippen LogP contribution < -0.4 is 5.73 Å². The molecule has 0 aliphatic rings. The van der Waals surface area contributed by atoms with E-state index in [9.17, 15) is 4.79 Å². The van der Waals surface area contributed by atoms with Crippen molar-refractivity contribution in [2.75, 3.05) is 7.11 Å². The van der Waals surface area contributed by atoms with Gasteiger partial charge in [0.15, 0.2) is 0 Å². The maximum Gasteiger partial charge on any atom is 0.322 e. The molecule has 4 heteroatoms. The molecule has 0 amide bonds. The van der Waals surface area contributed by atoms with E-state index in [1.807, 2.05) is 44.3 Å². The van der Waals surface area contributed by atoms with E-state index in [-0.39, 0.29) is 5.97 Å². The number of hydrogen-bond acceptors (Lipinski definition) is 4. The maximum absolute atomic E-state index is 11.3. The lowest BCUT2D eigenvalue weighted by atomic mass is 9.98. The van der Waals surface area contributed by atoms with Crippen LogP contribution in [0.1, 0.15) is 16.8 Å². The van der Waals surface area contributed by atoms with Gasteiger partial charge in [0, 0.05) is 11.9 Å². The fourth-order valence-corrected chi connectivity index (χ4v) is 2.25. The predicted octanol–water partition coefficient (Wildman–Crippen LogP) is 2.41. The molecule has 1 unspecified atom stereocenters. The Hall–Kier alpha value is -2.20. The molecule has 0 saturated heterocycles. The normalized spacial score (nSPS) is 12.0. The third kappa shape index (κ3) is 3.67. The Bertz CT molecular complexity index is 636. The summed E-state index contributed by atoms with van der Waals surface area (Å²) in [7, 11) is 1.35. The van der Waals surface area contributed by atoms with E-state index in [2.05, 4.69) is 15.8 Å². The van der Waals surface area contributed by atoms with Crippen LogP contribution in [0.15, 0.2) is 36.5 Å². The number of esters is 1. The Morgan fingerprint density at radius 2 is 1.95 bits per heavy atom. The molecule has 4 nitrogen and oxygen atoms in total. The summed E-state index contributed by atoms with van der Waals surface area (Å²) in [5, 5.41) is 0. The quantitative estimate of drug-likeness (QED) is 0.876. The lowest BCUT2D eigenvalue weighted by Gasteiger charge is -2.11. The molecule has 0 bridgehead atoms. The van der Waals surface area contributed by atoms with Crippen LogP contribution in [0.25, 0.3) is 11.1 Å². The second-order valence-corrected chi connectivity index (χ2v) is 5.17. The molecule has 0 aliphatic heterocycles. The number of hydrogen-bond donors (Lipinski definition) is 1. The molecule has 0 fully saturated rings. The summed E-state index contributed by atoms with van der Waals surface area (Å²) in [4.78, 5) is 15.6. The standard InChI is InChI=1S/C17H20N2O2/c1-11-10-19-12(2)8-15(11)14-6-4-13(5-7-14)9-16(18)17(20)21-3/h4-8,10,16H,9,18H2,1-3H3. The van der Waals surface area contributed by atoms with Gasteiger partial charge in [0.25, 0.3) is 0 Å². The average molecular weight is 284 g/mol. The minimum Gasteiger partial charge on any atom is -0.468 e. The summed E-state index contributed by atoms with van der Waals surface area (Å²) in [6.45, 7) is 4.02. The van der Waals surface area contributed by atoms with Crippen molar-refractivity contribution in [2.24, 2.45) is 5.73 Å². The molecule has 0 spiro atoms. The van der Waals surface area contributed by atoms with Crippen molar-refractivity contribution in [1.82, 2.24) is 4.98 Å². The zero-order valence-corrected chi connectivity index (χ0v) is 12.6. The van der Waals surface area contributed by atoms with Crippen LogP contribution in [-0.4, -0.2) is 24.1 Å². The van der Waals surface area contributed by atoms with E-state index in [1.165, 1.54) is 12.7 Å². The van der Waals surface area contributed by atoms with Crippen LogP contribution in [0, 0.1) is 13.8 Å². The second kappa shape index (κ2) is 6.50. The minimum atomic E-state index is -0.620. The first kappa shape index (κ1) is 15.2. The molecule has 1 aromatic heterocycles. The largest absolute Gasteiger partial charge is 0.468 e. The van der Waals surface area contributed by atoms with Gasteiger partial charge in [0.05, 0.1) is 7.11 Å².